The van der Waals surface area contributed by atoms with Crippen molar-refractivity contribution in [1.82, 2.24) is 29.9 Å². The van der Waals surface area contributed by atoms with E-state index in [1.165, 1.54) is 0 Å². The quantitative estimate of drug-likeness (QED) is 0.153. The smallest absolute Gasteiger partial charge is 0.255 e. The Morgan fingerprint density at radius 2 is 1.17 bits per heavy atom. The Labute approximate surface area is 215 Å². The van der Waals surface area contributed by atoms with E-state index in [2.05, 4.69) is 40.5 Å². The van der Waals surface area contributed by atoms with E-state index < -0.39 is 0 Å². The fourth-order valence-corrected chi connectivity index (χ4v) is 5.07. The number of H-pyrrole nitrogens is 2. The third-order valence-corrected chi connectivity index (χ3v) is 7.43. The Morgan fingerprint density at radius 1 is 0.694 bits per heavy atom. The van der Waals surface area contributed by atoms with E-state index in [9.17, 15) is 9.59 Å². The largest absolute Gasteiger partial charge is 0.355 e. The van der Waals surface area contributed by atoms with Gasteiger partial charge in [-0.3, -0.25) is 29.5 Å². The van der Waals surface area contributed by atoms with Gasteiger partial charge in [-0.15, -0.1) is 0 Å². The Morgan fingerprint density at radius 3 is 1.56 bits per heavy atom. The lowest BCUT2D eigenvalue weighted by molar-refractivity contribution is 1.00. The second-order valence-electron chi connectivity index (χ2n) is 7.75. The molecule has 0 spiro atoms. The molecule has 0 aliphatic rings. The van der Waals surface area contributed by atoms with Crippen molar-refractivity contribution < 1.29 is 0 Å². The zero-order valence-electron chi connectivity index (χ0n) is 19.4. The predicted molar refractivity (Wildman–Crippen MR) is 146 cm³/mol. The molecule has 4 N–H and O–H groups in total. The van der Waals surface area contributed by atoms with Gasteiger partial charge in [-0.25, -0.2) is 9.97 Å². The highest BCUT2D eigenvalue weighted by molar-refractivity contribution is 8.76. The summed E-state index contributed by atoms with van der Waals surface area (Å²) >= 11 is 0. The van der Waals surface area contributed by atoms with Gasteiger partial charge in [0.1, 0.15) is 0 Å². The molecule has 4 aromatic heterocycles. The van der Waals surface area contributed by atoms with E-state index in [0.29, 0.717) is 49.0 Å². The first-order valence-electron chi connectivity index (χ1n) is 11.3. The summed E-state index contributed by atoms with van der Waals surface area (Å²) in [7, 11) is 3.43. The molecular formula is C24H26N8O2S2. The highest BCUT2D eigenvalue weighted by Gasteiger charge is 2.06. The number of pyridine rings is 2. The highest BCUT2D eigenvalue weighted by atomic mass is 33.1. The molecule has 0 fully saturated rings. The molecule has 0 radical (unpaired) electrons. The Kier molecular flexibility index (Phi) is 9.51. The van der Waals surface area contributed by atoms with Gasteiger partial charge in [0.05, 0.1) is 0 Å². The van der Waals surface area contributed by atoms with Crippen LogP contribution in [0.5, 0.6) is 0 Å². The van der Waals surface area contributed by atoms with Crippen LogP contribution in [0.2, 0.25) is 0 Å². The molecule has 4 aromatic rings. The molecule has 0 amide bonds. The zero-order valence-corrected chi connectivity index (χ0v) is 21.1. The van der Waals surface area contributed by atoms with Crippen molar-refractivity contribution in [3.05, 3.63) is 104 Å². The van der Waals surface area contributed by atoms with Crippen LogP contribution >= 0.6 is 21.6 Å². The molecule has 36 heavy (non-hydrogen) atoms. The maximum atomic E-state index is 12.3. The highest BCUT2D eigenvalue weighted by Crippen LogP contribution is 2.20. The van der Waals surface area contributed by atoms with Gasteiger partial charge in [0.2, 0.25) is 11.9 Å². The topological polar surface area (TPSA) is 141 Å². The Hall–Kier alpha value is -3.64. The lowest BCUT2D eigenvalue weighted by atomic mass is 10.1. The number of aromatic amines is 2. The second kappa shape index (κ2) is 13.4. The average molecular weight is 523 g/mol. The van der Waals surface area contributed by atoms with Crippen LogP contribution in [0.4, 0.5) is 11.9 Å². The number of hydrogen-bond donors (Lipinski definition) is 4. The van der Waals surface area contributed by atoms with Crippen molar-refractivity contribution in [3.8, 4) is 0 Å². The summed E-state index contributed by atoms with van der Waals surface area (Å²) in [4.78, 5) is 46.9. The van der Waals surface area contributed by atoms with Crippen molar-refractivity contribution >= 4 is 33.5 Å². The lowest BCUT2D eigenvalue weighted by Crippen LogP contribution is -2.18. The van der Waals surface area contributed by atoms with Gasteiger partial charge in [-0.2, -0.15) is 0 Å². The molecule has 186 valence electrons. The monoisotopic (exact) mass is 522 g/mol. The zero-order chi connectivity index (χ0) is 25.0. The van der Waals surface area contributed by atoms with E-state index in [0.717, 1.165) is 22.6 Å². The fourth-order valence-electron chi connectivity index (χ4n) is 3.26. The third kappa shape index (κ3) is 7.95. The second-order valence-corrected chi connectivity index (χ2v) is 10.4. The number of anilines is 2. The maximum absolute atomic E-state index is 12.3. The third-order valence-electron chi connectivity index (χ3n) is 5.02. The maximum Gasteiger partial charge on any atom is 0.255 e. The molecule has 10 nitrogen and oxygen atoms in total. The molecule has 0 saturated carbocycles. The van der Waals surface area contributed by atoms with Crippen LogP contribution in [-0.2, 0) is 12.8 Å². The number of hydrogen-bond acceptors (Lipinski definition) is 10. The molecule has 4 rings (SSSR count). The summed E-state index contributed by atoms with van der Waals surface area (Å²) in [5.74, 6) is 2.60. The van der Waals surface area contributed by atoms with Gasteiger partial charge in [-0.1, -0.05) is 33.7 Å². The summed E-state index contributed by atoms with van der Waals surface area (Å²) in [6.07, 6.45) is 11.1. The molecule has 0 aromatic carbocycles. The van der Waals surface area contributed by atoms with Gasteiger partial charge in [0.15, 0.2) is 0 Å². The SMILES string of the molecule is O=c1[nH]c(NCCSSCCNc2ncc(Cc3cccnc3)c(=O)[nH]2)ncc1Cc1cccnc1. The summed E-state index contributed by atoms with van der Waals surface area (Å²) < 4.78 is 0. The molecule has 0 unspecified atom stereocenters. The number of nitrogens with zero attached hydrogens (tertiary/aromatic N) is 4. The van der Waals surface area contributed by atoms with Crippen molar-refractivity contribution in [3.63, 3.8) is 0 Å². The van der Waals surface area contributed by atoms with Crippen molar-refractivity contribution in [2.45, 2.75) is 12.8 Å². The van der Waals surface area contributed by atoms with Crippen LogP contribution in [0.1, 0.15) is 22.3 Å². The van der Waals surface area contributed by atoms with E-state index >= 15 is 0 Å². The summed E-state index contributed by atoms with van der Waals surface area (Å²) in [6.45, 7) is 1.34. The summed E-state index contributed by atoms with van der Waals surface area (Å²) in [5.41, 5.74) is 2.83. The fraction of sp³-hybridized carbons (Fsp3) is 0.250. The van der Waals surface area contributed by atoms with E-state index in [4.69, 9.17) is 0 Å². The number of rotatable bonds is 13. The van der Waals surface area contributed by atoms with Crippen LogP contribution in [0.15, 0.2) is 71.0 Å². The van der Waals surface area contributed by atoms with Crippen molar-refractivity contribution in [2.75, 3.05) is 35.2 Å². The number of nitrogens with one attached hydrogen (secondary N) is 4. The predicted octanol–water partition coefficient (Wildman–Crippen LogP) is 2.73. The minimum Gasteiger partial charge on any atom is -0.355 e. The van der Waals surface area contributed by atoms with Gasteiger partial charge >= 0.3 is 0 Å². The molecule has 0 atom stereocenters. The van der Waals surface area contributed by atoms with Crippen LogP contribution in [0.3, 0.4) is 0 Å². The van der Waals surface area contributed by atoms with Gasteiger partial charge in [0.25, 0.3) is 11.1 Å². The van der Waals surface area contributed by atoms with E-state index in [1.807, 2.05) is 24.3 Å². The normalized spacial score (nSPS) is 10.8. The molecule has 0 aliphatic carbocycles. The van der Waals surface area contributed by atoms with E-state index in [1.54, 1.807) is 58.8 Å². The first-order valence-corrected chi connectivity index (χ1v) is 13.8. The van der Waals surface area contributed by atoms with E-state index in [-0.39, 0.29) is 11.1 Å². The molecule has 0 saturated heterocycles. The van der Waals surface area contributed by atoms with Gasteiger partial charge < -0.3 is 10.6 Å². The molecule has 12 heteroatoms. The van der Waals surface area contributed by atoms with Crippen molar-refractivity contribution in [2.24, 2.45) is 0 Å². The van der Waals surface area contributed by atoms with Crippen LogP contribution in [0, 0.1) is 0 Å². The summed E-state index contributed by atoms with van der Waals surface area (Å²) in [6, 6.07) is 7.55. The first-order chi connectivity index (χ1) is 17.7. The first kappa shape index (κ1) is 25.5. The minimum atomic E-state index is -0.152. The van der Waals surface area contributed by atoms with Crippen LogP contribution in [0.25, 0.3) is 0 Å². The number of aromatic nitrogens is 6. The minimum absolute atomic E-state index is 0.152. The van der Waals surface area contributed by atoms with Gasteiger partial charge in [0, 0.05) is 85.7 Å². The molecular weight excluding hydrogens is 496 g/mol. The average Bonchev–Trinajstić information content (AvgIpc) is 2.90. The van der Waals surface area contributed by atoms with Crippen LogP contribution in [-0.4, -0.2) is 54.5 Å². The van der Waals surface area contributed by atoms with Gasteiger partial charge in [-0.05, 0) is 23.3 Å². The van der Waals surface area contributed by atoms with Crippen LogP contribution < -0.4 is 21.8 Å². The standard InChI is InChI=1S/C24H26N8O2S2/c33-21-19(11-17-3-1-5-25-13-17)15-29-23(31-21)27-7-9-35-36-10-8-28-24-30-16-20(22(34)32-24)12-18-4-2-6-26-14-18/h1-6,13-16H,7-12H2,(H2,27,29,31,33)(H2,28,30,32,34). The molecule has 4 heterocycles. The Bertz CT molecular complexity index is 1240. The Balaban J connectivity index is 1.10. The lowest BCUT2D eigenvalue weighted by Gasteiger charge is -2.07. The van der Waals surface area contributed by atoms with Crippen molar-refractivity contribution in [1.29, 1.82) is 0 Å². The summed E-state index contributed by atoms with van der Waals surface area (Å²) in [5, 5.41) is 6.28. The molecule has 0 aliphatic heterocycles. The molecule has 0 bridgehead atoms.